The highest BCUT2D eigenvalue weighted by Gasteiger charge is 2.21. The van der Waals surface area contributed by atoms with Gasteiger partial charge in [-0.1, -0.05) is 37.5 Å². The van der Waals surface area contributed by atoms with Gasteiger partial charge in [-0.15, -0.1) is 0 Å². The number of nitrogens with one attached hydrogen (secondary N) is 1. The Kier molecular flexibility index (Phi) is 8.93. The van der Waals surface area contributed by atoms with E-state index >= 15 is 0 Å². The predicted molar refractivity (Wildman–Crippen MR) is 126 cm³/mol. The Morgan fingerprint density at radius 2 is 1.66 bits per heavy atom. The lowest BCUT2D eigenvalue weighted by Gasteiger charge is -2.23. The van der Waals surface area contributed by atoms with Crippen LogP contribution in [0.2, 0.25) is 0 Å². The van der Waals surface area contributed by atoms with E-state index in [-0.39, 0.29) is 12.5 Å². The van der Waals surface area contributed by atoms with E-state index < -0.39 is 10.0 Å². The van der Waals surface area contributed by atoms with Crippen LogP contribution in [0.15, 0.2) is 54.6 Å². The summed E-state index contributed by atoms with van der Waals surface area (Å²) in [6, 6.07) is 15.9. The molecule has 1 saturated carbocycles. The van der Waals surface area contributed by atoms with Gasteiger partial charge in [0.05, 0.1) is 18.0 Å². The molecule has 8 heteroatoms. The highest BCUT2D eigenvalue weighted by Crippen LogP contribution is 2.25. The molecule has 0 spiro atoms. The zero-order valence-electron chi connectivity index (χ0n) is 18.5. The van der Waals surface area contributed by atoms with Gasteiger partial charge in [-0.2, -0.15) is 0 Å². The van der Waals surface area contributed by atoms with E-state index in [2.05, 4.69) is 5.32 Å². The number of anilines is 1. The van der Waals surface area contributed by atoms with E-state index in [0.717, 1.165) is 23.4 Å². The molecule has 1 fully saturated rings. The maximum Gasteiger partial charge on any atom is 0.240 e. The Morgan fingerprint density at radius 1 is 1.00 bits per heavy atom. The molecule has 1 N–H and O–H groups in total. The van der Waals surface area contributed by atoms with Crippen LogP contribution in [0.5, 0.6) is 11.5 Å². The minimum atomic E-state index is -3.63. The number of para-hydroxylation sites is 1. The van der Waals surface area contributed by atoms with Crippen LogP contribution in [-0.4, -0.2) is 46.4 Å². The van der Waals surface area contributed by atoms with E-state index in [9.17, 15) is 13.2 Å². The monoisotopic (exact) mass is 460 g/mol. The Balaban J connectivity index is 1.48. The molecule has 0 heterocycles. The molecule has 0 aromatic heterocycles. The van der Waals surface area contributed by atoms with Gasteiger partial charge >= 0.3 is 0 Å². The van der Waals surface area contributed by atoms with E-state index in [4.69, 9.17) is 9.47 Å². The molecular weight excluding hydrogens is 428 g/mol. The van der Waals surface area contributed by atoms with Crippen molar-refractivity contribution < 1.29 is 22.7 Å². The molecule has 2 aromatic rings. The predicted octanol–water partition coefficient (Wildman–Crippen LogP) is 4.10. The fourth-order valence-electron chi connectivity index (χ4n) is 3.67. The third-order valence-electron chi connectivity index (χ3n) is 5.34. The normalized spacial score (nSPS) is 14.7. The molecule has 3 rings (SSSR count). The van der Waals surface area contributed by atoms with Crippen LogP contribution in [0.4, 0.5) is 5.69 Å². The quantitative estimate of drug-likeness (QED) is 0.510. The van der Waals surface area contributed by atoms with E-state index in [0.29, 0.717) is 42.9 Å². The van der Waals surface area contributed by atoms with Gasteiger partial charge in [-0.25, -0.2) is 8.42 Å². The van der Waals surface area contributed by atoms with Crippen molar-refractivity contribution in [3.8, 4) is 11.5 Å². The van der Waals surface area contributed by atoms with Crippen molar-refractivity contribution in [3.63, 3.8) is 0 Å². The molecule has 0 bridgehead atoms. The van der Waals surface area contributed by atoms with Crippen LogP contribution in [0, 0.1) is 0 Å². The highest BCUT2D eigenvalue weighted by molar-refractivity contribution is 7.92. The van der Waals surface area contributed by atoms with Crippen LogP contribution in [0.25, 0.3) is 0 Å². The molecule has 1 amide bonds. The minimum Gasteiger partial charge on any atom is -0.457 e. The topological polar surface area (TPSA) is 84.9 Å². The first kappa shape index (κ1) is 24.1. The third kappa shape index (κ3) is 7.84. The number of ether oxygens (including phenoxy) is 2. The van der Waals surface area contributed by atoms with Gasteiger partial charge in [0.15, 0.2) is 0 Å². The number of amides is 1. The zero-order valence-corrected chi connectivity index (χ0v) is 19.4. The smallest absolute Gasteiger partial charge is 0.240 e. The molecule has 0 unspecified atom stereocenters. The average Bonchev–Trinajstić information content (AvgIpc) is 2.79. The molecule has 174 valence electrons. The second-order valence-corrected chi connectivity index (χ2v) is 9.92. The van der Waals surface area contributed by atoms with Crippen LogP contribution in [0.3, 0.4) is 0 Å². The number of carbonyl (C=O) groups excluding carboxylic acids is 1. The van der Waals surface area contributed by atoms with Gasteiger partial charge in [0.2, 0.25) is 15.9 Å². The molecular formula is C24H32N2O5S. The van der Waals surface area contributed by atoms with Gasteiger partial charge in [0.25, 0.3) is 0 Å². The minimum absolute atomic E-state index is 0.277. The largest absolute Gasteiger partial charge is 0.457 e. The maximum absolute atomic E-state index is 12.4. The first-order valence-corrected chi connectivity index (χ1v) is 13.0. The molecule has 0 aliphatic heterocycles. The van der Waals surface area contributed by atoms with Crippen molar-refractivity contribution in [2.24, 2.45) is 0 Å². The second kappa shape index (κ2) is 11.9. The van der Waals surface area contributed by atoms with Crippen LogP contribution in [0.1, 0.15) is 38.5 Å². The summed E-state index contributed by atoms with van der Waals surface area (Å²) in [4.78, 5) is 12.4. The summed E-state index contributed by atoms with van der Waals surface area (Å²) in [5.74, 6) is 0.917. The molecule has 32 heavy (non-hydrogen) atoms. The Labute approximate surface area is 190 Å². The van der Waals surface area contributed by atoms with Crippen molar-refractivity contribution in [3.05, 3.63) is 54.6 Å². The van der Waals surface area contributed by atoms with Gasteiger partial charge in [-0.3, -0.25) is 9.10 Å². The van der Waals surface area contributed by atoms with Crippen molar-refractivity contribution in [2.75, 3.05) is 30.3 Å². The van der Waals surface area contributed by atoms with Crippen molar-refractivity contribution in [2.45, 2.75) is 44.6 Å². The number of sulfonamides is 1. The van der Waals surface area contributed by atoms with Gasteiger partial charge in [-0.05, 0) is 55.7 Å². The maximum atomic E-state index is 12.4. The van der Waals surface area contributed by atoms with Crippen LogP contribution < -0.4 is 14.4 Å². The number of hydrogen-bond acceptors (Lipinski definition) is 5. The molecule has 7 nitrogen and oxygen atoms in total. The summed E-state index contributed by atoms with van der Waals surface area (Å²) in [6.07, 6.45) is 8.10. The van der Waals surface area contributed by atoms with Crippen LogP contribution >= 0.6 is 0 Å². The second-order valence-electron chi connectivity index (χ2n) is 8.01. The van der Waals surface area contributed by atoms with Crippen molar-refractivity contribution in [1.29, 1.82) is 0 Å². The first-order chi connectivity index (χ1) is 15.4. The standard InChI is InChI=1S/C24H32N2O5S/c1-32(28,29)26(19-24(27)25-17-8-18-30-21-9-4-2-5-10-21)20-13-15-23(16-14-20)31-22-11-6-3-7-12-22/h3,6-7,11-16,21H,2,4-5,8-10,17-19H2,1H3,(H,25,27). The van der Waals surface area contributed by atoms with E-state index in [1.165, 1.54) is 19.3 Å². The fourth-order valence-corrected chi connectivity index (χ4v) is 4.53. The molecule has 1 aliphatic rings. The molecule has 0 radical (unpaired) electrons. The molecule has 0 atom stereocenters. The molecule has 1 aliphatic carbocycles. The number of hydrogen-bond donors (Lipinski definition) is 1. The molecule has 0 saturated heterocycles. The number of nitrogens with zero attached hydrogens (tertiary/aromatic N) is 1. The third-order valence-corrected chi connectivity index (χ3v) is 6.48. The number of benzene rings is 2. The highest BCUT2D eigenvalue weighted by atomic mass is 32.2. The SMILES string of the molecule is CS(=O)(=O)N(CC(=O)NCCCOC1CCCCC1)c1ccc(Oc2ccccc2)cc1. The van der Waals surface area contributed by atoms with Gasteiger partial charge in [0, 0.05) is 13.2 Å². The lowest BCUT2D eigenvalue weighted by Crippen LogP contribution is -2.40. The Morgan fingerprint density at radius 3 is 2.31 bits per heavy atom. The first-order valence-electron chi connectivity index (χ1n) is 11.1. The summed E-state index contributed by atoms with van der Waals surface area (Å²) in [5.41, 5.74) is 0.406. The summed E-state index contributed by atoms with van der Waals surface area (Å²) in [6.45, 7) is 0.776. The number of rotatable bonds is 11. The van der Waals surface area contributed by atoms with Gasteiger partial charge in [0.1, 0.15) is 18.0 Å². The van der Waals surface area contributed by atoms with E-state index in [1.807, 2.05) is 30.3 Å². The lowest BCUT2D eigenvalue weighted by atomic mass is 9.98. The Bertz CT molecular complexity index is 942. The van der Waals surface area contributed by atoms with Crippen LogP contribution in [-0.2, 0) is 19.6 Å². The summed E-state index contributed by atoms with van der Waals surface area (Å²) in [5, 5.41) is 2.79. The Hall–Kier alpha value is -2.58. The summed E-state index contributed by atoms with van der Waals surface area (Å²) < 4.78 is 37.3. The lowest BCUT2D eigenvalue weighted by molar-refractivity contribution is -0.119. The average molecular weight is 461 g/mol. The fraction of sp³-hybridized carbons (Fsp3) is 0.458. The summed E-state index contributed by atoms with van der Waals surface area (Å²) >= 11 is 0. The van der Waals surface area contributed by atoms with Crippen molar-refractivity contribution in [1.82, 2.24) is 5.32 Å². The summed E-state index contributed by atoms with van der Waals surface area (Å²) in [7, 11) is -3.63. The molecule has 2 aromatic carbocycles. The van der Waals surface area contributed by atoms with Gasteiger partial charge < -0.3 is 14.8 Å². The van der Waals surface area contributed by atoms with E-state index in [1.54, 1.807) is 24.3 Å². The zero-order chi connectivity index (χ0) is 22.8. The number of carbonyl (C=O) groups is 1. The van der Waals surface area contributed by atoms with Crippen molar-refractivity contribution >= 4 is 21.6 Å².